The first kappa shape index (κ1) is 13.3. The molecule has 0 aliphatic heterocycles. The zero-order chi connectivity index (χ0) is 14.1. The van der Waals surface area contributed by atoms with Crippen molar-refractivity contribution in [2.45, 2.75) is 26.4 Å². The molecule has 0 radical (unpaired) electrons. The molecular formula is C18H18OS. The summed E-state index contributed by atoms with van der Waals surface area (Å²) in [6, 6.07) is 14.7. The molecule has 0 spiro atoms. The topological polar surface area (TPSA) is 20.2 Å². The van der Waals surface area contributed by atoms with Gasteiger partial charge in [0.1, 0.15) is 0 Å². The molecule has 2 heteroatoms. The molecule has 0 aliphatic rings. The molecule has 0 saturated carbocycles. The van der Waals surface area contributed by atoms with E-state index in [1.165, 1.54) is 26.8 Å². The highest BCUT2D eigenvalue weighted by molar-refractivity contribution is 7.17. The summed E-state index contributed by atoms with van der Waals surface area (Å²) in [6.45, 7) is 4.20. The fourth-order valence-corrected chi connectivity index (χ4v) is 3.78. The molecule has 0 bridgehead atoms. The SMILES string of the molecule is Cc1cc(C)cc(CC(O)c2csc3ccccc23)c1. The first-order valence-electron chi connectivity index (χ1n) is 6.85. The van der Waals surface area contributed by atoms with E-state index in [1.54, 1.807) is 11.3 Å². The van der Waals surface area contributed by atoms with Crippen LogP contribution >= 0.6 is 11.3 Å². The summed E-state index contributed by atoms with van der Waals surface area (Å²) in [4.78, 5) is 0. The van der Waals surface area contributed by atoms with E-state index in [0.29, 0.717) is 6.42 Å². The third kappa shape index (κ3) is 2.62. The second-order valence-corrected chi connectivity index (χ2v) is 6.31. The van der Waals surface area contributed by atoms with Gasteiger partial charge >= 0.3 is 0 Å². The van der Waals surface area contributed by atoms with Crippen molar-refractivity contribution in [3.63, 3.8) is 0 Å². The number of hydrogen-bond acceptors (Lipinski definition) is 2. The Hall–Kier alpha value is -1.64. The molecule has 1 heterocycles. The molecule has 102 valence electrons. The standard InChI is InChI=1S/C18H18OS/c1-12-7-13(2)9-14(8-12)10-17(19)16-11-20-18-6-4-3-5-15(16)18/h3-9,11,17,19H,10H2,1-2H3. The van der Waals surface area contributed by atoms with E-state index in [2.05, 4.69) is 49.6 Å². The molecule has 1 atom stereocenters. The number of hydrogen-bond donors (Lipinski definition) is 1. The number of aryl methyl sites for hydroxylation is 2. The smallest absolute Gasteiger partial charge is 0.0844 e. The number of fused-ring (bicyclic) bond motifs is 1. The molecule has 0 aliphatic carbocycles. The maximum Gasteiger partial charge on any atom is 0.0844 e. The van der Waals surface area contributed by atoms with Crippen LogP contribution in [0.1, 0.15) is 28.4 Å². The minimum absolute atomic E-state index is 0.438. The van der Waals surface area contributed by atoms with E-state index in [4.69, 9.17) is 0 Å². The van der Waals surface area contributed by atoms with Gasteiger partial charge in [-0.3, -0.25) is 0 Å². The number of aliphatic hydroxyl groups is 1. The fourth-order valence-electron chi connectivity index (χ4n) is 2.78. The van der Waals surface area contributed by atoms with Crippen LogP contribution in [0.3, 0.4) is 0 Å². The lowest BCUT2D eigenvalue weighted by Crippen LogP contribution is -2.01. The Labute approximate surface area is 123 Å². The summed E-state index contributed by atoms with van der Waals surface area (Å²) in [5.74, 6) is 0. The van der Waals surface area contributed by atoms with Crippen LogP contribution in [0.2, 0.25) is 0 Å². The van der Waals surface area contributed by atoms with Gasteiger partial charge in [-0.2, -0.15) is 0 Å². The molecule has 3 rings (SSSR count). The zero-order valence-electron chi connectivity index (χ0n) is 11.8. The Bertz CT molecular complexity index is 722. The second kappa shape index (κ2) is 5.39. The minimum Gasteiger partial charge on any atom is -0.388 e. The number of thiophene rings is 1. The van der Waals surface area contributed by atoms with Gasteiger partial charge in [-0.05, 0) is 41.8 Å². The Balaban J connectivity index is 1.91. The van der Waals surface area contributed by atoms with Crippen molar-refractivity contribution in [2.75, 3.05) is 0 Å². The number of rotatable bonds is 3. The van der Waals surface area contributed by atoms with Crippen LogP contribution in [0.4, 0.5) is 0 Å². The van der Waals surface area contributed by atoms with Crippen molar-refractivity contribution in [3.05, 3.63) is 70.1 Å². The zero-order valence-corrected chi connectivity index (χ0v) is 12.6. The maximum absolute atomic E-state index is 10.5. The highest BCUT2D eigenvalue weighted by atomic mass is 32.1. The quantitative estimate of drug-likeness (QED) is 0.732. The Morgan fingerprint density at radius 1 is 1.05 bits per heavy atom. The van der Waals surface area contributed by atoms with Crippen molar-refractivity contribution in [3.8, 4) is 0 Å². The van der Waals surface area contributed by atoms with Crippen molar-refractivity contribution in [1.82, 2.24) is 0 Å². The molecular weight excluding hydrogens is 264 g/mol. The highest BCUT2D eigenvalue weighted by Crippen LogP contribution is 2.31. The molecule has 0 amide bonds. The van der Waals surface area contributed by atoms with Crippen LogP contribution < -0.4 is 0 Å². The van der Waals surface area contributed by atoms with E-state index in [-0.39, 0.29) is 0 Å². The third-order valence-electron chi connectivity index (χ3n) is 3.58. The van der Waals surface area contributed by atoms with Gasteiger partial charge in [0.05, 0.1) is 6.10 Å². The van der Waals surface area contributed by atoms with Crippen molar-refractivity contribution >= 4 is 21.4 Å². The van der Waals surface area contributed by atoms with E-state index < -0.39 is 6.10 Å². The lowest BCUT2D eigenvalue weighted by atomic mass is 9.98. The largest absolute Gasteiger partial charge is 0.388 e. The molecule has 1 nitrogen and oxygen atoms in total. The van der Waals surface area contributed by atoms with Crippen molar-refractivity contribution in [1.29, 1.82) is 0 Å². The van der Waals surface area contributed by atoms with Crippen molar-refractivity contribution in [2.24, 2.45) is 0 Å². The first-order chi connectivity index (χ1) is 9.63. The van der Waals surface area contributed by atoms with Gasteiger partial charge in [-0.15, -0.1) is 11.3 Å². The predicted molar refractivity (Wildman–Crippen MR) is 86.4 cm³/mol. The molecule has 0 fully saturated rings. The van der Waals surface area contributed by atoms with E-state index in [9.17, 15) is 5.11 Å². The van der Waals surface area contributed by atoms with Gasteiger partial charge in [0.2, 0.25) is 0 Å². The monoisotopic (exact) mass is 282 g/mol. The van der Waals surface area contributed by atoms with Crippen LogP contribution in [0.25, 0.3) is 10.1 Å². The van der Waals surface area contributed by atoms with Gasteiger partial charge < -0.3 is 5.11 Å². The van der Waals surface area contributed by atoms with Gasteiger partial charge in [0.15, 0.2) is 0 Å². The fraction of sp³-hybridized carbons (Fsp3) is 0.222. The van der Waals surface area contributed by atoms with E-state index in [1.807, 2.05) is 12.1 Å². The molecule has 2 aromatic carbocycles. The molecule has 0 saturated heterocycles. The lowest BCUT2D eigenvalue weighted by Gasteiger charge is -2.11. The summed E-state index contributed by atoms with van der Waals surface area (Å²) in [6.07, 6.45) is 0.232. The predicted octanol–water partition coefficient (Wildman–Crippen LogP) is 4.79. The summed E-state index contributed by atoms with van der Waals surface area (Å²) >= 11 is 1.70. The average molecular weight is 282 g/mol. The maximum atomic E-state index is 10.5. The molecule has 1 unspecified atom stereocenters. The third-order valence-corrected chi connectivity index (χ3v) is 4.56. The summed E-state index contributed by atoms with van der Waals surface area (Å²) in [5, 5.41) is 13.8. The van der Waals surface area contributed by atoms with Crippen molar-refractivity contribution < 1.29 is 5.11 Å². The number of benzene rings is 2. The van der Waals surface area contributed by atoms with Crippen LogP contribution in [-0.2, 0) is 6.42 Å². The average Bonchev–Trinajstić information content (AvgIpc) is 2.81. The van der Waals surface area contributed by atoms with Crippen LogP contribution in [-0.4, -0.2) is 5.11 Å². The summed E-state index contributed by atoms with van der Waals surface area (Å²) in [7, 11) is 0. The first-order valence-corrected chi connectivity index (χ1v) is 7.73. The Kier molecular flexibility index (Phi) is 3.60. The van der Waals surface area contributed by atoms with Gasteiger partial charge in [0.25, 0.3) is 0 Å². The normalized spacial score (nSPS) is 12.8. The molecule has 3 aromatic rings. The second-order valence-electron chi connectivity index (χ2n) is 5.40. The van der Waals surface area contributed by atoms with E-state index in [0.717, 1.165) is 5.56 Å². The highest BCUT2D eigenvalue weighted by Gasteiger charge is 2.13. The van der Waals surface area contributed by atoms with Gasteiger partial charge in [-0.25, -0.2) is 0 Å². The minimum atomic E-state index is -0.438. The number of aliphatic hydroxyl groups excluding tert-OH is 1. The van der Waals surface area contributed by atoms with Crippen LogP contribution in [0.5, 0.6) is 0 Å². The Morgan fingerprint density at radius 3 is 2.50 bits per heavy atom. The molecule has 20 heavy (non-hydrogen) atoms. The van der Waals surface area contributed by atoms with Crippen LogP contribution in [0, 0.1) is 13.8 Å². The molecule has 1 N–H and O–H groups in total. The summed E-state index contributed by atoms with van der Waals surface area (Å²) in [5.41, 5.74) is 4.75. The van der Waals surface area contributed by atoms with Gasteiger partial charge in [0, 0.05) is 11.1 Å². The molecule has 1 aromatic heterocycles. The van der Waals surface area contributed by atoms with Crippen LogP contribution in [0.15, 0.2) is 47.8 Å². The summed E-state index contributed by atoms with van der Waals surface area (Å²) < 4.78 is 1.24. The van der Waals surface area contributed by atoms with E-state index >= 15 is 0 Å². The Morgan fingerprint density at radius 2 is 1.75 bits per heavy atom. The lowest BCUT2D eigenvalue weighted by molar-refractivity contribution is 0.180. The van der Waals surface area contributed by atoms with Gasteiger partial charge in [-0.1, -0.05) is 47.5 Å².